The minimum Gasteiger partial charge on any atom is -0.381 e. The third-order valence-electron chi connectivity index (χ3n) is 4.40. The standard InChI is InChI=1S/C14H20N8O2/c23-14(17-11-1-5-24-6-2-11)20-9-13(10-20)21-7-12(18-19-21)8-22-15-3-4-16-22/h3-4,7,11,13H,1-2,5-6,8-10H2,(H,17,23). The summed E-state index contributed by atoms with van der Waals surface area (Å²) < 4.78 is 7.12. The van der Waals surface area contributed by atoms with Crippen LogP contribution in [0, 0.1) is 0 Å². The molecule has 4 heterocycles. The van der Waals surface area contributed by atoms with Crippen LogP contribution in [0.5, 0.6) is 0 Å². The summed E-state index contributed by atoms with van der Waals surface area (Å²) in [6.45, 7) is 3.24. The molecule has 0 atom stereocenters. The van der Waals surface area contributed by atoms with E-state index < -0.39 is 0 Å². The summed E-state index contributed by atoms with van der Waals surface area (Å²) in [5.41, 5.74) is 0.802. The first-order valence-corrected chi connectivity index (χ1v) is 8.16. The molecule has 4 rings (SSSR count). The number of carbonyl (C=O) groups excluding carboxylic acids is 1. The first kappa shape index (κ1) is 15.1. The molecular formula is C14H20N8O2. The van der Waals surface area contributed by atoms with Gasteiger partial charge in [0.1, 0.15) is 12.2 Å². The predicted octanol–water partition coefficient (Wildman–Crippen LogP) is -0.337. The topological polar surface area (TPSA) is 103 Å². The summed E-state index contributed by atoms with van der Waals surface area (Å²) >= 11 is 0. The number of carbonyl (C=O) groups is 1. The van der Waals surface area contributed by atoms with E-state index in [1.54, 1.807) is 22.1 Å². The molecule has 2 aliphatic rings. The number of nitrogens with zero attached hydrogens (tertiary/aromatic N) is 7. The average molecular weight is 332 g/mol. The molecule has 2 aromatic heterocycles. The Labute approximate surface area is 138 Å². The lowest BCUT2D eigenvalue weighted by molar-refractivity contribution is 0.0722. The van der Waals surface area contributed by atoms with Crippen LogP contribution in [0.3, 0.4) is 0 Å². The van der Waals surface area contributed by atoms with Gasteiger partial charge < -0.3 is 15.0 Å². The maximum Gasteiger partial charge on any atom is 0.317 e. The largest absolute Gasteiger partial charge is 0.381 e. The van der Waals surface area contributed by atoms with Gasteiger partial charge in [0.25, 0.3) is 0 Å². The maximum absolute atomic E-state index is 12.2. The second-order valence-electron chi connectivity index (χ2n) is 6.14. The van der Waals surface area contributed by atoms with Crippen LogP contribution in [0.4, 0.5) is 4.79 Å². The summed E-state index contributed by atoms with van der Waals surface area (Å²) in [4.78, 5) is 15.6. The average Bonchev–Trinajstić information content (AvgIpc) is 3.20. The molecule has 0 saturated carbocycles. The first-order chi connectivity index (χ1) is 11.8. The Kier molecular flexibility index (Phi) is 4.11. The van der Waals surface area contributed by atoms with Gasteiger partial charge in [-0.15, -0.1) is 5.10 Å². The van der Waals surface area contributed by atoms with E-state index in [9.17, 15) is 4.79 Å². The van der Waals surface area contributed by atoms with E-state index in [0.717, 1.165) is 31.7 Å². The summed E-state index contributed by atoms with van der Waals surface area (Å²) in [6, 6.07) is 0.404. The Balaban J connectivity index is 1.26. The van der Waals surface area contributed by atoms with Crippen LogP contribution < -0.4 is 5.32 Å². The molecule has 0 aromatic carbocycles. The second-order valence-corrected chi connectivity index (χ2v) is 6.14. The van der Waals surface area contributed by atoms with Crippen LogP contribution in [0.1, 0.15) is 24.6 Å². The number of aromatic nitrogens is 6. The van der Waals surface area contributed by atoms with Crippen LogP contribution in [0.2, 0.25) is 0 Å². The highest BCUT2D eigenvalue weighted by Gasteiger charge is 2.33. The molecule has 2 amide bonds. The van der Waals surface area contributed by atoms with E-state index in [0.29, 0.717) is 19.6 Å². The zero-order valence-corrected chi connectivity index (χ0v) is 13.3. The molecule has 0 aliphatic carbocycles. The third-order valence-corrected chi connectivity index (χ3v) is 4.40. The van der Waals surface area contributed by atoms with Crippen molar-refractivity contribution in [2.24, 2.45) is 0 Å². The van der Waals surface area contributed by atoms with Crippen LogP contribution in [-0.4, -0.2) is 73.3 Å². The van der Waals surface area contributed by atoms with E-state index in [2.05, 4.69) is 25.8 Å². The first-order valence-electron chi connectivity index (χ1n) is 8.16. The summed E-state index contributed by atoms with van der Waals surface area (Å²) in [7, 11) is 0. The van der Waals surface area contributed by atoms with Crippen molar-refractivity contribution in [1.29, 1.82) is 0 Å². The van der Waals surface area contributed by atoms with Crippen LogP contribution >= 0.6 is 0 Å². The SMILES string of the molecule is O=C(NC1CCOCC1)N1CC(n2cc(Cn3nccn3)nn2)C1. The molecule has 10 heteroatoms. The molecule has 0 bridgehead atoms. The van der Waals surface area contributed by atoms with Crippen molar-refractivity contribution in [2.75, 3.05) is 26.3 Å². The Morgan fingerprint density at radius 1 is 1.25 bits per heavy atom. The van der Waals surface area contributed by atoms with Crippen LogP contribution in [0.25, 0.3) is 0 Å². The Morgan fingerprint density at radius 2 is 2.00 bits per heavy atom. The van der Waals surface area contributed by atoms with E-state index in [1.165, 1.54) is 0 Å². The summed E-state index contributed by atoms with van der Waals surface area (Å²) in [5, 5.41) is 19.5. The third kappa shape index (κ3) is 3.23. The van der Waals surface area contributed by atoms with Crippen molar-refractivity contribution in [2.45, 2.75) is 31.5 Å². The zero-order chi connectivity index (χ0) is 16.4. The molecule has 2 aromatic rings. The number of amides is 2. The summed E-state index contributed by atoms with van der Waals surface area (Å²) in [5.74, 6) is 0. The normalized spacial score (nSPS) is 19.2. The molecule has 128 valence electrons. The van der Waals surface area contributed by atoms with Gasteiger partial charge >= 0.3 is 6.03 Å². The minimum absolute atomic E-state index is 0.000713. The molecule has 24 heavy (non-hydrogen) atoms. The number of hydrogen-bond acceptors (Lipinski definition) is 6. The molecule has 10 nitrogen and oxygen atoms in total. The van der Waals surface area contributed by atoms with E-state index in [4.69, 9.17) is 4.74 Å². The summed E-state index contributed by atoms with van der Waals surface area (Å²) in [6.07, 6.45) is 6.92. The fourth-order valence-corrected chi connectivity index (χ4v) is 2.93. The number of hydrogen-bond donors (Lipinski definition) is 1. The Bertz CT molecular complexity index is 673. The molecule has 0 radical (unpaired) electrons. The van der Waals surface area contributed by atoms with Crippen molar-refractivity contribution in [3.63, 3.8) is 0 Å². The second kappa shape index (κ2) is 6.56. The van der Waals surface area contributed by atoms with Gasteiger partial charge in [-0.3, -0.25) is 0 Å². The predicted molar refractivity (Wildman–Crippen MR) is 82.1 cm³/mol. The van der Waals surface area contributed by atoms with Crippen LogP contribution in [0.15, 0.2) is 18.6 Å². The highest BCUT2D eigenvalue weighted by Crippen LogP contribution is 2.21. The molecule has 0 unspecified atom stereocenters. The monoisotopic (exact) mass is 332 g/mol. The molecule has 1 N–H and O–H groups in total. The van der Waals surface area contributed by atoms with Crippen molar-refractivity contribution in [1.82, 2.24) is 40.2 Å². The highest BCUT2D eigenvalue weighted by molar-refractivity contribution is 5.75. The zero-order valence-electron chi connectivity index (χ0n) is 13.3. The highest BCUT2D eigenvalue weighted by atomic mass is 16.5. The lowest BCUT2D eigenvalue weighted by Gasteiger charge is -2.39. The number of urea groups is 1. The molecule has 2 aliphatic heterocycles. The van der Waals surface area contributed by atoms with Crippen molar-refractivity contribution >= 4 is 6.03 Å². The quantitative estimate of drug-likeness (QED) is 0.822. The van der Waals surface area contributed by atoms with Crippen LogP contribution in [-0.2, 0) is 11.3 Å². The van der Waals surface area contributed by atoms with Gasteiger partial charge in [0, 0.05) is 32.3 Å². The van der Waals surface area contributed by atoms with Gasteiger partial charge in [-0.05, 0) is 12.8 Å². The minimum atomic E-state index is -0.000713. The van der Waals surface area contributed by atoms with Gasteiger partial charge in [0.15, 0.2) is 0 Å². The van der Waals surface area contributed by atoms with Gasteiger partial charge in [-0.2, -0.15) is 15.0 Å². The molecule has 0 spiro atoms. The van der Waals surface area contributed by atoms with E-state index in [1.807, 2.05) is 10.9 Å². The van der Waals surface area contributed by atoms with Gasteiger partial charge in [0.05, 0.1) is 24.6 Å². The maximum atomic E-state index is 12.2. The van der Waals surface area contributed by atoms with Crippen molar-refractivity contribution in [3.8, 4) is 0 Å². The van der Waals surface area contributed by atoms with Crippen molar-refractivity contribution in [3.05, 3.63) is 24.3 Å². The smallest absolute Gasteiger partial charge is 0.317 e. The fourth-order valence-electron chi connectivity index (χ4n) is 2.93. The van der Waals surface area contributed by atoms with Gasteiger partial charge in [-0.1, -0.05) is 5.21 Å². The number of nitrogens with one attached hydrogen (secondary N) is 1. The van der Waals surface area contributed by atoms with Gasteiger partial charge in [-0.25, -0.2) is 9.48 Å². The lowest BCUT2D eigenvalue weighted by atomic mass is 10.1. The number of rotatable bonds is 4. The van der Waals surface area contributed by atoms with Crippen molar-refractivity contribution < 1.29 is 9.53 Å². The van der Waals surface area contributed by atoms with Gasteiger partial charge in [0.2, 0.25) is 0 Å². The number of likely N-dealkylation sites (tertiary alicyclic amines) is 1. The Hall–Kier alpha value is -2.49. The molecular weight excluding hydrogens is 312 g/mol. The lowest BCUT2D eigenvalue weighted by Crippen LogP contribution is -2.56. The van der Waals surface area contributed by atoms with E-state index in [-0.39, 0.29) is 18.1 Å². The van der Waals surface area contributed by atoms with E-state index >= 15 is 0 Å². The molecule has 2 saturated heterocycles. The fraction of sp³-hybridized carbons (Fsp3) is 0.643. The molecule has 2 fully saturated rings. The Morgan fingerprint density at radius 3 is 2.75 bits per heavy atom. The number of ether oxygens (including phenoxy) is 1.